The highest BCUT2D eigenvalue weighted by molar-refractivity contribution is 7.88. The Morgan fingerprint density at radius 2 is 1.65 bits per heavy atom. The summed E-state index contributed by atoms with van der Waals surface area (Å²) in [6.45, 7) is 3.62. The van der Waals surface area contributed by atoms with Crippen LogP contribution in [0.5, 0.6) is 0 Å². The summed E-state index contributed by atoms with van der Waals surface area (Å²) in [5, 5.41) is 3.66. The maximum Gasteiger partial charge on any atom is 0.211 e. The summed E-state index contributed by atoms with van der Waals surface area (Å²) in [6, 6.07) is 1.08. The summed E-state index contributed by atoms with van der Waals surface area (Å²) in [7, 11) is -0.841. The van der Waals surface area contributed by atoms with Gasteiger partial charge in [0.1, 0.15) is 0 Å². The van der Waals surface area contributed by atoms with E-state index < -0.39 is 10.0 Å². The average molecular weight is 261 g/mol. The fourth-order valence-electron chi connectivity index (χ4n) is 2.76. The minimum Gasteiger partial charge on any atom is -0.310 e. The van der Waals surface area contributed by atoms with Crippen LogP contribution in [-0.4, -0.2) is 69.2 Å². The summed E-state index contributed by atoms with van der Waals surface area (Å²) in [4.78, 5) is 2.34. The smallest absolute Gasteiger partial charge is 0.211 e. The third kappa shape index (κ3) is 3.64. The molecule has 2 aliphatic heterocycles. The van der Waals surface area contributed by atoms with Gasteiger partial charge in [-0.05, 0) is 32.9 Å². The number of rotatable bonds is 3. The van der Waals surface area contributed by atoms with Crippen molar-refractivity contribution in [3.63, 3.8) is 0 Å². The molecule has 2 heterocycles. The molecule has 0 bridgehead atoms. The van der Waals surface area contributed by atoms with Gasteiger partial charge in [-0.3, -0.25) is 0 Å². The van der Waals surface area contributed by atoms with E-state index in [1.165, 1.54) is 19.2 Å². The molecule has 17 heavy (non-hydrogen) atoms. The number of sulfonamides is 1. The Morgan fingerprint density at radius 1 is 1.06 bits per heavy atom. The highest BCUT2D eigenvalue weighted by Crippen LogP contribution is 2.15. The van der Waals surface area contributed by atoms with Crippen LogP contribution < -0.4 is 5.32 Å². The van der Waals surface area contributed by atoms with Gasteiger partial charge in [0.25, 0.3) is 0 Å². The number of hydrogen-bond acceptors (Lipinski definition) is 4. The Labute approximate surface area is 104 Å². The van der Waals surface area contributed by atoms with E-state index in [1.54, 1.807) is 4.31 Å². The molecule has 1 atom stereocenters. The van der Waals surface area contributed by atoms with Crippen molar-refractivity contribution in [2.24, 2.45) is 0 Å². The van der Waals surface area contributed by atoms with E-state index in [1.807, 2.05) is 0 Å². The Kier molecular flexibility index (Phi) is 4.07. The van der Waals surface area contributed by atoms with Gasteiger partial charge < -0.3 is 10.2 Å². The van der Waals surface area contributed by atoms with Crippen LogP contribution in [0.15, 0.2) is 0 Å². The van der Waals surface area contributed by atoms with Crippen LogP contribution in [0.25, 0.3) is 0 Å². The molecule has 100 valence electrons. The van der Waals surface area contributed by atoms with Crippen LogP contribution >= 0.6 is 0 Å². The average Bonchev–Trinajstić information content (AvgIpc) is 2.63. The molecule has 0 aliphatic carbocycles. The van der Waals surface area contributed by atoms with Crippen molar-refractivity contribution >= 4 is 10.0 Å². The molecular weight excluding hydrogens is 238 g/mol. The first kappa shape index (κ1) is 13.3. The molecule has 0 amide bonds. The largest absolute Gasteiger partial charge is 0.310 e. The first-order valence-corrected chi connectivity index (χ1v) is 8.19. The normalized spacial score (nSPS) is 29.9. The first-order chi connectivity index (χ1) is 7.95. The molecule has 5 nitrogen and oxygen atoms in total. The summed E-state index contributed by atoms with van der Waals surface area (Å²) in [6.07, 6.45) is 4.38. The molecule has 0 saturated carbocycles. The van der Waals surface area contributed by atoms with Gasteiger partial charge in [0.2, 0.25) is 10.0 Å². The molecule has 2 rings (SSSR count). The van der Waals surface area contributed by atoms with Gasteiger partial charge in [0.05, 0.1) is 6.26 Å². The molecular formula is C11H23N3O2S. The van der Waals surface area contributed by atoms with Crippen molar-refractivity contribution in [2.45, 2.75) is 31.3 Å². The Bertz CT molecular complexity index is 350. The molecule has 0 radical (unpaired) electrons. The molecule has 2 saturated heterocycles. The molecule has 1 N–H and O–H groups in total. The van der Waals surface area contributed by atoms with Gasteiger partial charge >= 0.3 is 0 Å². The van der Waals surface area contributed by atoms with E-state index in [9.17, 15) is 8.42 Å². The van der Waals surface area contributed by atoms with Crippen LogP contribution in [0.1, 0.15) is 19.3 Å². The molecule has 0 aromatic heterocycles. The van der Waals surface area contributed by atoms with Crippen molar-refractivity contribution in [3.8, 4) is 0 Å². The molecule has 0 spiro atoms. The zero-order valence-electron chi connectivity index (χ0n) is 10.7. The molecule has 6 heteroatoms. The standard InChI is InChI=1S/C11H23N3O2S/c1-13-6-3-11(9-13)12-10-4-7-14(8-5-10)17(2,15)16/h10-12H,3-9H2,1-2H3. The van der Waals surface area contributed by atoms with Gasteiger partial charge in [-0.1, -0.05) is 0 Å². The summed E-state index contributed by atoms with van der Waals surface area (Å²) in [5.41, 5.74) is 0. The van der Waals surface area contributed by atoms with Gasteiger partial charge in [0.15, 0.2) is 0 Å². The lowest BCUT2D eigenvalue weighted by Crippen LogP contribution is -2.48. The second-order valence-electron chi connectivity index (χ2n) is 5.35. The number of likely N-dealkylation sites (tertiary alicyclic amines) is 1. The number of likely N-dealkylation sites (N-methyl/N-ethyl adjacent to an activating group) is 1. The zero-order valence-corrected chi connectivity index (χ0v) is 11.5. The lowest BCUT2D eigenvalue weighted by Gasteiger charge is -2.32. The van der Waals surface area contributed by atoms with Gasteiger partial charge in [-0.15, -0.1) is 0 Å². The molecule has 0 aromatic rings. The fraction of sp³-hybridized carbons (Fsp3) is 1.00. The van der Waals surface area contributed by atoms with E-state index >= 15 is 0 Å². The van der Waals surface area contributed by atoms with Gasteiger partial charge in [-0.25, -0.2) is 12.7 Å². The van der Waals surface area contributed by atoms with E-state index in [0.29, 0.717) is 25.2 Å². The van der Waals surface area contributed by atoms with Crippen molar-refractivity contribution in [2.75, 3.05) is 39.5 Å². The predicted octanol–water partition coefficient (Wildman–Crippen LogP) is -0.296. The fourth-order valence-corrected chi connectivity index (χ4v) is 3.63. The Morgan fingerprint density at radius 3 is 2.12 bits per heavy atom. The summed E-state index contributed by atoms with van der Waals surface area (Å²) in [5.74, 6) is 0. The predicted molar refractivity (Wildman–Crippen MR) is 68.5 cm³/mol. The monoisotopic (exact) mass is 261 g/mol. The maximum absolute atomic E-state index is 11.4. The van der Waals surface area contributed by atoms with Crippen LogP contribution in [-0.2, 0) is 10.0 Å². The van der Waals surface area contributed by atoms with Crippen molar-refractivity contribution < 1.29 is 8.42 Å². The number of nitrogens with one attached hydrogen (secondary N) is 1. The lowest BCUT2D eigenvalue weighted by molar-refractivity contribution is 0.272. The van der Waals surface area contributed by atoms with Crippen LogP contribution in [0.4, 0.5) is 0 Å². The molecule has 2 aliphatic rings. The molecule has 0 aromatic carbocycles. The number of nitrogens with zero attached hydrogens (tertiary/aromatic N) is 2. The van der Waals surface area contributed by atoms with E-state index in [4.69, 9.17) is 0 Å². The molecule has 2 fully saturated rings. The van der Waals surface area contributed by atoms with E-state index in [-0.39, 0.29) is 0 Å². The third-order valence-corrected chi connectivity index (χ3v) is 5.09. The van der Waals surface area contributed by atoms with E-state index in [2.05, 4.69) is 17.3 Å². The molecule has 1 unspecified atom stereocenters. The third-order valence-electron chi connectivity index (χ3n) is 3.79. The quantitative estimate of drug-likeness (QED) is 0.758. The number of hydrogen-bond donors (Lipinski definition) is 1. The minimum atomic E-state index is -2.99. The second-order valence-corrected chi connectivity index (χ2v) is 7.33. The highest BCUT2D eigenvalue weighted by atomic mass is 32.2. The van der Waals surface area contributed by atoms with E-state index in [0.717, 1.165) is 19.4 Å². The van der Waals surface area contributed by atoms with Crippen molar-refractivity contribution in [1.82, 2.24) is 14.5 Å². The summed E-state index contributed by atoms with van der Waals surface area (Å²) >= 11 is 0. The van der Waals surface area contributed by atoms with Crippen LogP contribution in [0.3, 0.4) is 0 Å². The Hall–Kier alpha value is -0.170. The van der Waals surface area contributed by atoms with Gasteiger partial charge in [-0.2, -0.15) is 0 Å². The maximum atomic E-state index is 11.4. The second kappa shape index (κ2) is 5.22. The van der Waals surface area contributed by atoms with Gasteiger partial charge in [0, 0.05) is 31.7 Å². The highest BCUT2D eigenvalue weighted by Gasteiger charge is 2.27. The Balaban J connectivity index is 1.76. The SMILES string of the molecule is CN1CCC(NC2CCN(S(C)(=O)=O)CC2)C1. The van der Waals surface area contributed by atoms with Crippen LogP contribution in [0.2, 0.25) is 0 Å². The summed E-state index contributed by atoms with van der Waals surface area (Å²) < 4.78 is 24.3. The zero-order chi connectivity index (χ0) is 12.5. The minimum absolute atomic E-state index is 0.490. The van der Waals surface area contributed by atoms with Crippen molar-refractivity contribution in [1.29, 1.82) is 0 Å². The topological polar surface area (TPSA) is 52.6 Å². The first-order valence-electron chi connectivity index (χ1n) is 6.35. The van der Waals surface area contributed by atoms with Crippen LogP contribution in [0, 0.1) is 0 Å². The van der Waals surface area contributed by atoms with Crippen molar-refractivity contribution in [3.05, 3.63) is 0 Å². The lowest BCUT2D eigenvalue weighted by atomic mass is 10.1. The number of piperidine rings is 1.